The molecule has 0 bridgehead atoms. The van der Waals surface area contributed by atoms with Gasteiger partial charge in [0, 0.05) is 45.1 Å². The van der Waals surface area contributed by atoms with E-state index in [2.05, 4.69) is 22.3 Å². The van der Waals surface area contributed by atoms with Crippen LogP contribution in [0, 0.1) is 0 Å². The Bertz CT molecular complexity index is 1190. The number of benzene rings is 2. The summed E-state index contributed by atoms with van der Waals surface area (Å²) in [6.45, 7) is 5.98. The van der Waals surface area contributed by atoms with Crippen molar-refractivity contribution >= 4 is 21.7 Å². The highest BCUT2D eigenvalue weighted by molar-refractivity contribution is 7.90. The molecule has 2 aromatic carbocycles. The van der Waals surface area contributed by atoms with Gasteiger partial charge in [0.2, 0.25) is 11.8 Å². The molecule has 0 aliphatic carbocycles. The molecule has 2 aliphatic heterocycles. The van der Waals surface area contributed by atoms with Crippen LogP contribution in [0.15, 0.2) is 59.5 Å². The van der Waals surface area contributed by atoms with Crippen molar-refractivity contribution in [2.24, 2.45) is 0 Å². The van der Waals surface area contributed by atoms with Crippen LogP contribution in [0.4, 0.5) is 0 Å². The summed E-state index contributed by atoms with van der Waals surface area (Å²) in [6, 6.07) is 16.8. The maximum absolute atomic E-state index is 13.1. The highest BCUT2D eigenvalue weighted by atomic mass is 32.2. The minimum Gasteiger partial charge on any atom is -0.368 e. The molecule has 0 spiro atoms. The van der Waals surface area contributed by atoms with Crippen molar-refractivity contribution in [2.75, 3.05) is 39.0 Å². The van der Waals surface area contributed by atoms with Crippen molar-refractivity contribution in [2.45, 2.75) is 68.5 Å². The average molecular weight is 556 g/mol. The van der Waals surface area contributed by atoms with E-state index < -0.39 is 9.84 Å². The SMILES string of the molecule is CCN(C(=O)Cc1ccc(S(C)(=O)=O)cc1)C1CCN(CCC(NC(=O)C2CCCO2)c2ccccc2)CC1. The van der Waals surface area contributed by atoms with Gasteiger partial charge >= 0.3 is 0 Å². The number of sulfone groups is 1. The van der Waals surface area contributed by atoms with Crippen molar-refractivity contribution in [3.8, 4) is 0 Å². The number of amides is 2. The number of carbonyl (C=O) groups excluding carboxylic acids is 2. The molecule has 8 nitrogen and oxygen atoms in total. The summed E-state index contributed by atoms with van der Waals surface area (Å²) in [5.41, 5.74) is 1.92. The second-order valence-electron chi connectivity index (χ2n) is 10.6. The molecule has 212 valence electrons. The minimum atomic E-state index is -3.25. The van der Waals surface area contributed by atoms with Crippen LogP contribution in [0.25, 0.3) is 0 Å². The second kappa shape index (κ2) is 13.5. The molecule has 9 heteroatoms. The van der Waals surface area contributed by atoms with Gasteiger partial charge in [-0.1, -0.05) is 42.5 Å². The molecule has 2 atom stereocenters. The van der Waals surface area contributed by atoms with Gasteiger partial charge in [0.1, 0.15) is 6.10 Å². The Hall–Kier alpha value is -2.75. The van der Waals surface area contributed by atoms with E-state index in [1.165, 1.54) is 6.26 Å². The highest BCUT2D eigenvalue weighted by Gasteiger charge is 2.29. The fourth-order valence-corrected chi connectivity index (χ4v) is 6.22. The first-order valence-corrected chi connectivity index (χ1v) is 15.9. The number of likely N-dealkylation sites (N-methyl/N-ethyl adjacent to an activating group) is 1. The van der Waals surface area contributed by atoms with Gasteiger partial charge in [-0.2, -0.15) is 0 Å². The van der Waals surface area contributed by atoms with Crippen molar-refractivity contribution < 1.29 is 22.7 Å². The smallest absolute Gasteiger partial charge is 0.249 e. The van der Waals surface area contributed by atoms with Crippen LogP contribution < -0.4 is 5.32 Å². The lowest BCUT2D eigenvalue weighted by molar-refractivity contribution is -0.133. The number of likely N-dealkylation sites (tertiary alicyclic amines) is 1. The van der Waals surface area contributed by atoms with Crippen LogP contribution in [0.1, 0.15) is 56.2 Å². The van der Waals surface area contributed by atoms with Gasteiger partial charge in [-0.15, -0.1) is 0 Å². The zero-order valence-corrected chi connectivity index (χ0v) is 23.9. The molecular weight excluding hydrogens is 514 g/mol. The normalized spacial score (nSPS) is 19.5. The van der Waals surface area contributed by atoms with Gasteiger partial charge in [-0.25, -0.2) is 8.42 Å². The first-order valence-electron chi connectivity index (χ1n) is 14.0. The molecule has 0 aromatic heterocycles. The number of carbonyl (C=O) groups is 2. The summed E-state index contributed by atoms with van der Waals surface area (Å²) >= 11 is 0. The molecule has 0 radical (unpaired) electrons. The average Bonchev–Trinajstić information content (AvgIpc) is 3.48. The zero-order valence-electron chi connectivity index (χ0n) is 23.1. The Morgan fingerprint density at radius 2 is 1.74 bits per heavy atom. The van der Waals surface area contributed by atoms with E-state index >= 15 is 0 Å². The number of piperidine rings is 1. The van der Waals surface area contributed by atoms with Crippen molar-refractivity contribution in [3.63, 3.8) is 0 Å². The molecule has 2 fully saturated rings. The Kier molecular flexibility index (Phi) is 10.2. The summed E-state index contributed by atoms with van der Waals surface area (Å²) in [6.07, 6.45) is 5.43. The number of hydrogen-bond donors (Lipinski definition) is 1. The van der Waals surface area contributed by atoms with Crippen LogP contribution in [0.5, 0.6) is 0 Å². The Morgan fingerprint density at radius 3 is 2.33 bits per heavy atom. The molecule has 2 saturated heterocycles. The van der Waals surface area contributed by atoms with Gasteiger partial charge in [0.05, 0.1) is 17.4 Å². The molecular formula is C30H41N3O5S. The van der Waals surface area contributed by atoms with E-state index in [9.17, 15) is 18.0 Å². The number of ether oxygens (including phenoxy) is 1. The van der Waals surface area contributed by atoms with E-state index in [4.69, 9.17) is 4.74 Å². The number of nitrogens with zero attached hydrogens (tertiary/aromatic N) is 2. The molecule has 2 amide bonds. The van der Waals surface area contributed by atoms with E-state index in [0.717, 1.165) is 62.9 Å². The maximum Gasteiger partial charge on any atom is 0.249 e. The van der Waals surface area contributed by atoms with Crippen LogP contribution in [-0.4, -0.2) is 81.2 Å². The van der Waals surface area contributed by atoms with Gasteiger partial charge in [-0.3, -0.25) is 9.59 Å². The second-order valence-corrected chi connectivity index (χ2v) is 12.6. The van der Waals surface area contributed by atoms with Crippen molar-refractivity contribution in [3.05, 3.63) is 65.7 Å². The lowest BCUT2D eigenvalue weighted by Crippen LogP contribution is -2.48. The number of rotatable bonds is 11. The molecule has 2 aliphatic rings. The van der Waals surface area contributed by atoms with E-state index in [1.807, 2.05) is 30.0 Å². The van der Waals surface area contributed by atoms with E-state index in [1.54, 1.807) is 24.3 Å². The Morgan fingerprint density at radius 1 is 1.05 bits per heavy atom. The maximum atomic E-state index is 13.1. The van der Waals surface area contributed by atoms with Gasteiger partial charge in [-0.05, 0) is 62.3 Å². The largest absolute Gasteiger partial charge is 0.368 e. The number of hydrogen-bond acceptors (Lipinski definition) is 6. The molecule has 4 rings (SSSR count). The highest BCUT2D eigenvalue weighted by Crippen LogP contribution is 2.23. The summed E-state index contributed by atoms with van der Waals surface area (Å²) in [4.78, 5) is 30.6. The summed E-state index contributed by atoms with van der Waals surface area (Å²) in [5, 5.41) is 3.22. The Labute approximate surface area is 232 Å². The third-order valence-corrected chi connectivity index (χ3v) is 8.97. The van der Waals surface area contributed by atoms with Crippen molar-refractivity contribution in [1.82, 2.24) is 15.1 Å². The van der Waals surface area contributed by atoms with Gasteiger partial charge < -0.3 is 19.9 Å². The number of nitrogens with one attached hydrogen (secondary N) is 1. The first-order chi connectivity index (χ1) is 18.7. The van der Waals surface area contributed by atoms with Crippen LogP contribution >= 0.6 is 0 Å². The third-order valence-electron chi connectivity index (χ3n) is 7.84. The summed E-state index contributed by atoms with van der Waals surface area (Å²) in [5.74, 6) is 0.0483. The van der Waals surface area contributed by atoms with Crippen molar-refractivity contribution in [1.29, 1.82) is 0 Å². The monoisotopic (exact) mass is 555 g/mol. The predicted octanol–water partition coefficient (Wildman–Crippen LogP) is 3.37. The van der Waals surface area contributed by atoms with Gasteiger partial charge in [0.15, 0.2) is 9.84 Å². The van der Waals surface area contributed by atoms with Crippen LogP contribution in [-0.2, 0) is 30.6 Å². The zero-order chi connectivity index (χ0) is 27.8. The topological polar surface area (TPSA) is 96.0 Å². The molecule has 2 unspecified atom stereocenters. The lowest BCUT2D eigenvalue weighted by atomic mass is 9.99. The lowest BCUT2D eigenvalue weighted by Gasteiger charge is -2.38. The molecule has 2 heterocycles. The molecule has 0 saturated carbocycles. The quantitative estimate of drug-likeness (QED) is 0.457. The fourth-order valence-electron chi connectivity index (χ4n) is 5.59. The standard InChI is InChI=1S/C30H41N3O5S/c1-3-33(29(34)22-23-11-13-26(14-12-23)39(2,36)37)25-15-18-32(19-16-25)20-17-27(24-8-5-4-6-9-24)31-30(35)28-10-7-21-38-28/h4-6,8-9,11-14,25,27-28H,3,7,10,15-22H2,1-2H3,(H,31,35). The van der Waals surface area contributed by atoms with Gasteiger partial charge in [0.25, 0.3) is 0 Å². The minimum absolute atomic E-state index is 0.0249. The van der Waals surface area contributed by atoms with E-state index in [0.29, 0.717) is 13.2 Å². The summed E-state index contributed by atoms with van der Waals surface area (Å²) < 4.78 is 29.0. The third kappa shape index (κ3) is 8.13. The van der Waals surface area contributed by atoms with Crippen LogP contribution in [0.3, 0.4) is 0 Å². The molecule has 1 N–H and O–H groups in total. The van der Waals surface area contributed by atoms with Crippen LogP contribution in [0.2, 0.25) is 0 Å². The molecule has 39 heavy (non-hydrogen) atoms. The predicted molar refractivity (Wildman–Crippen MR) is 151 cm³/mol. The fraction of sp³-hybridized carbons (Fsp3) is 0.533. The van der Waals surface area contributed by atoms with E-state index in [-0.39, 0.29) is 41.3 Å². The Balaban J connectivity index is 1.28. The summed E-state index contributed by atoms with van der Waals surface area (Å²) in [7, 11) is -3.25. The first kappa shape index (κ1) is 29.2. The molecule has 2 aromatic rings.